The normalized spacial score (nSPS) is 10.7. The van der Waals surface area contributed by atoms with Crippen molar-refractivity contribution in [2.75, 3.05) is 7.11 Å². The van der Waals surface area contributed by atoms with Gasteiger partial charge in [0.05, 0.1) is 30.4 Å². The smallest absolute Gasteiger partial charge is 0.311 e. The lowest BCUT2D eigenvalue weighted by molar-refractivity contribution is -0.139. The molecule has 0 aliphatic heterocycles. The van der Waals surface area contributed by atoms with Crippen LogP contribution >= 0.6 is 0 Å². The molecule has 0 aliphatic rings. The van der Waals surface area contributed by atoms with Gasteiger partial charge in [0, 0.05) is 17.8 Å². The average Bonchev–Trinajstić information content (AvgIpc) is 3.00. The van der Waals surface area contributed by atoms with Crippen molar-refractivity contribution in [2.24, 2.45) is 0 Å². The molecule has 0 atom stereocenters. The lowest BCUT2D eigenvalue weighted by Gasteiger charge is -2.09. The zero-order chi connectivity index (χ0) is 13.9. The van der Waals surface area contributed by atoms with Crippen LogP contribution in [0.15, 0.2) is 48.8 Å². The summed E-state index contributed by atoms with van der Waals surface area (Å²) in [6.45, 7) is 0. The quantitative estimate of drug-likeness (QED) is 0.682. The maximum Gasteiger partial charge on any atom is 0.311 e. The summed E-state index contributed by atoms with van der Waals surface area (Å²) in [4.78, 5) is 15.9. The van der Waals surface area contributed by atoms with Gasteiger partial charge >= 0.3 is 5.97 Å². The van der Waals surface area contributed by atoms with Crippen LogP contribution in [-0.4, -0.2) is 27.8 Å². The van der Waals surface area contributed by atoms with Crippen LogP contribution in [-0.2, 0) is 16.0 Å². The topological polar surface area (TPSA) is 57.0 Å². The summed E-state index contributed by atoms with van der Waals surface area (Å²) in [5.74, 6) is -0.306. The molecule has 0 spiro atoms. The van der Waals surface area contributed by atoms with Crippen LogP contribution in [0.2, 0.25) is 0 Å². The minimum Gasteiger partial charge on any atom is -0.469 e. The molecular formula is C15H13N3O2. The van der Waals surface area contributed by atoms with Crippen LogP contribution in [0.1, 0.15) is 5.69 Å². The Morgan fingerprint density at radius 1 is 1.30 bits per heavy atom. The standard InChI is InChI=1S/C15H13N3O2/c1-20-15(19)10-11-9-14(18-8-4-7-16-18)12-5-2-3-6-13(12)17-11/h2-9H,10H2,1H3. The number of benzene rings is 1. The molecule has 3 rings (SSSR count). The van der Waals surface area contributed by atoms with Crippen LogP contribution in [0.5, 0.6) is 0 Å². The number of hydrogen-bond acceptors (Lipinski definition) is 4. The van der Waals surface area contributed by atoms with E-state index in [1.54, 1.807) is 10.9 Å². The van der Waals surface area contributed by atoms with Crippen molar-refractivity contribution in [3.8, 4) is 5.69 Å². The molecule has 0 saturated carbocycles. The van der Waals surface area contributed by atoms with Crippen molar-refractivity contribution in [2.45, 2.75) is 6.42 Å². The second-order valence-electron chi connectivity index (χ2n) is 4.35. The van der Waals surface area contributed by atoms with E-state index in [0.29, 0.717) is 5.69 Å². The van der Waals surface area contributed by atoms with Gasteiger partial charge in [-0.15, -0.1) is 0 Å². The monoisotopic (exact) mass is 267 g/mol. The molecule has 0 bridgehead atoms. The third kappa shape index (κ3) is 2.25. The number of fused-ring (bicyclic) bond motifs is 1. The number of rotatable bonds is 3. The fraction of sp³-hybridized carbons (Fsp3) is 0.133. The number of nitrogens with zero attached hydrogens (tertiary/aromatic N) is 3. The number of hydrogen-bond donors (Lipinski definition) is 0. The molecule has 0 saturated heterocycles. The molecule has 0 N–H and O–H groups in total. The molecule has 0 aliphatic carbocycles. The Morgan fingerprint density at radius 2 is 2.15 bits per heavy atom. The first-order valence-corrected chi connectivity index (χ1v) is 6.23. The number of pyridine rings is 1. The number of esters is 1. The summed E-state index contributed by atoms with van der Waals surface area (Å²) in [5.41, 5.74) is 2.40. The van der Waals surface area contributed by atoms with E-state index in [9.17, 15) is 4.79 Å². The zero-order valence-corrected chi connectivity index (χ0v) is 11.0. The predicted octanol–water partition coefficient (Wildman–Crippen LogP) is 2.14. The Labute approximate surface area is 115 Å². The lowest BCUT2D eigenvalue weighted by atomic mass is 10.1. The van der Waals surface area contributed by atoms with Gasteiger partial charge in [-0.1, -0.05) is 18.2 Å². The summed E-state index contributed by atoms with van der Waals surface area (Å²) >= 11 is 0. The van der Waals surface area contributed by atoms with Crippen molar-refractivity contribution < 1.29 is 9.53 Å². The van der Waals surface area contributed by atoms with Gasteiger partial charge in [-0.2, -0.15) is 5.10 Å². The summed E-state index contributed by atoms with van der Waals surface area (Å²) in [6.07, 6.45) is 3.73. The predicted molar refractivity (Wildman–Crippen MR) is 74.6 cm³/mol. The van der Waals surface area contributed by atoms with Gasteiger partial charge < -0.3 is 4.74 Å². The molecule has 100 valence electrons. The third-order valence-electron chi connectivity index (χ3n) is 3.05. The van der Waals surface area contributed by atoms with Gasteiger partial charge in [-0.25, -0.2) is 4.68 Å². The lowest BCUT2D eigenvalue weighted by Crippen LogP contribution is -2.07. The highest BCUT2D eigenvalue weighted by Crippen LogP contribution is 2.21. The second-order valence-corrected chi connectivity index (χ2v) is 4.35. The van der Waals surface area contributed by atoms with Crippen LogP contribution < -0.4 is 0 Å². The highest BCUT2D eigenvalue weighted by molar-refractivity contribution is 5.87. The average molecular weight is 267 g/mol. The van der Waals surface area contributed by atoms with E-state index in [4.69, 9.17) is 4.74 Å². The van der Waals surface area contributed by atoms with Gasteiger partial charge in [-0.05, 0) is 18.2 Å². The summed E-state index contributed by atoms with van der Waals surface area (Å²) in [5, 5.41) is 5.24. The molecule has 0 fully saturated rings. The Balaban J connectivity index is 2.18. The number of methoxy groups -OCH3 is 1. The van der Waals surface area contributed by atoms with Gasteiger partial charge in [0.25, 0.3) is 0 Å². The molecule has 1 aromatic carbocycles. The summed E-state index contributed by atoms with van der Waals surface area (Å²) in [6, 6.07) is 11.5. The molecule has 0 unspecified atom stereocenters. The molecule has 5 nitrogen and oxygen atoms in total. The molecule has 2 heterocycles. The number of aromatic nitrogens is 3. The Bertz CT molecular complexity index is 751. The molecular weight excluding hydrogens is 254 g/mol. The first-order valence-electron chi connectivity index (χ1n) is 6.23. The van der Waals surface area contributed by atoms with Crippen molar-refractivity contribution in [3.05, 3.63) is 54.5 Å². The number of carbonyl (C=O) groups excluding carboxylic acids is 1. The van der Waals surface area contributed by atoms with Crippen LogP contribution in [0.3, 0.4) is 0 Å². The SMILES string of the molecule is COC(=O)Cc1cc(-n2cccn2)c2ccccc2n1. The minimum absolute atomic E-state index is 0.148. The van der Waals surface area contributed by atoms with E-state index in [-0.39, 0.29) is 12.4 Å². The fourth-order valence-electron chi connectivity index (χ4n) is 2.12. The van der Waals surface area contributed by atoms with Crippen LogP contribution in [0, 0.1) is 0 Å². The Hall–Kier alpha value is -2.69. The fourth-order valence-corrected chi connectivity index (χ4v) is 2.12. The first kappa shape index (κ1) is 12.3. The van der Waals surface area contributed by atoms with Crippen molar-refractivity contribution in [3.63, 3.8) is 0 Å². The third-order valence-corrected chi connectivity index (χ3v) is 3.05. The van der Waals surface area contributed by atoms with E-state index in [0.717, 1.165) is 16.6 Å². The molecule has 3 aromatic rings. The molecule has 5 heteroatoms. The maximum atomic E-state index is 11.4. The van der Waals surface area contributed by atoms with Crippen LogP contribution in [0.4, 0.5) is 0 Å². The number of carbonyl (C=O) groups is 1. The number of ether oxygens (including phenoxy) is 1. The summed E-state index contributed by atoms with van der Waals surface area (Å²) in [7, 11) is 1.37. The van der Waals surface area contributed by atoms with Gasteiger partial charge in [0.2, 0.25) is 0 Å². The Kier molecular flexibility index (Phi) is 3.16. The van der Waals surface area contributed by atoms with Crippen molar-refractivity contribution >= 4 is 16.9 Å². The van der Waals surface area contributed by atoms with E-state index in [1.165, 1.54) is 7.11 Å². The maximum absolute atomic E-state index is 11.4. The van der Waals surface area contributed by atoms with E-state index >= 15 is 0 Å². The van der Waals surface area contributed by atoms with Gasteiger partial charge in [0.1, 0.15) is 0 Å². The molecule has 0 amide bonds. The van der Waals surface area contributed by atoms with E-state index in [2.05, 4.69) is 10.1 Å². The van der Waals surface area contributed by atoms with Crippen molar-refractivity contribution in [1.29, 1.82) is 0 Å². The highest BCUT2D eigenvalue weighted by atomic mass is 16.5. The molecule has 2 aromatic heterocycles. The first-order chi connectivity index (χ1) is 9.78. The van der Waals surface area contributed by atoms with Crippen LogP contribution in [0.25, 0.3) is 16.6 Å². The van der Waals surface area contributed by atoms with E-state index < -0.39 is 0 Å². The molecule has 20 heavy (non-hydrogen) atoms. The van der Waals surface area contributed by atoms with Gasteiger partial charge in [-0.3, -0.25) is 9.78 Å². The largest absolute Gasteiger partial charge is 0.469 e. The van der Waals surface area contributed by atoms with Crippen molar-refractivity contribution in [1.82, 2.24) is 14.8 Å². The summed E-state index contributed by atoms with van der Waals surface area (Å²) < 4.78 is 6.46. The Morgan fingerprint density at radius 3 is 2.90 bits per heavy atom. The van der Waals surface area contributed by atoms with Gasteiger partial charge in [0.15, 0.2) is 0 Å². The van der Waals surface area contributed by atoms with E-state index in [1.807, 2.05) is 42.6 Å². The second kappa shape index (κ2) is 5.13. The highest BCUT2D eigenvalue weighted by Gasteiger charge is 2.10. The molecule has 0 radical (unpaired) electrons. The minimum atomic E-state index is -0.306. The zero-order valence-electron chi connectivity index (χ0n) is 11.0. The number of para-hydroxylation sites is 1.